The molecule has 2 heterocycles. The normalized spacial score (nSPS) is 11.8. The maximum Gasteiger partial charge on any atom is 0.242 e. The van der Waals surface area contributed by atoms with Crippen LogP contribution in [0.4, 0.5) is 0 Å². The summed E-state index contributed by atoms with van der Waals surface area (Å²) in [6, 6.07) is 3.09. The Labute approximate surface area is 117 Å². The number of hydrogen-bond donors (Lipinski definition) is 2. The van der Waals surface area contributed by atoms with Gasteiger partial charge in [-0.05, 0) is 19.1 Å². The molecule has 108 valence electrons. The van der Waals surface area contributed by atoms with Gasteiger partial charge in [-0.1, -0.05) is 0 Å². The number of nitrogens with two attached hydrogens (primary N) is 1. The summed E-state index contributed by atoms with van der Waals surface area (Å²) in [6.07, 6.45) is 3.09. The highest BCUT2D eigenvalue weighted by Gasteiger charge is 2.15. The lowest BCUT2D eigenvalue weighted by Crippen LogP contribution is -2.23. The monoisotopic (exact) mass is 295 g/mol. The minimum absolute atomic E-state index is 0.122. The predicted octanol–water partition coefficient (Wildman–Crippen LogP) is 0.0607. The van der Waals surface area contributed by atoms with E-state index in [9.17, 15) is 8.42 Å². The largest absolute Gasteiger partial charge is 0.325 e. The fraction of sp³-hybridized carbons (Fsp3) is 0.333. The van der Waals surface area contributed by atoms with Crippen LogP contribution in [0.1, 0.15) is 17.0 Å². The van der Waals surface area contributed by atoms with Crippen LogP contribution in [0.5, 0.6) is 0 Å². The zero-order chi connectivity index (χ0) is 14.8. The van der Waals surface area contributed by atoms with Gasteiger partial charge in [-0.2, -0.15) is 5.10 Å². The topological polar surface area (TPSA) is 103 Å². The molecule has 2 aromatic rings. The first kappa shape index (κ1) is 14.6. The second kappa shape index (κ2) is 5.70. The van der Waals surface area contributed by atoms with Crippen LogP contribution < -0.4 is 10.5 Å². The number of aryl methyl sites for hydroxylation is 2. The lowest BCUT2D eigenvalue weighted by molar-refractivity contribution is 0.580. The van der Waals surface area contributed by atoms with Gasteiger partial charge in [-0.25, -0.2) is 13.1 Å². The molecule has 0 aliphatic carbocycles. The van der Waals surface area contributed by atoms with Gasteiger partial charge in [-0.3, -0.25) is 9.67 Å². The average molecular weight is 295 g/mol. The highest BCUT2D eigenvalue weighted by molar-refractivity contribution is 7.89. The molecule has 0 spiro atoms. The van der Waals surface area contributed by atoms with E-state index in [-0.39, 0.29) is 18.0 Å². The molecule has 8 heteroatoms. The summed E-state index contributed by atoms with van der Waals surface area (Å²) in [5.41, 5.74) is 7.70. The number of rotatable bonds is 5. The molecule has 0 saturated carbocycles. The highest BCUT2D eigenvalue weighted by atomic mass is 32.2. The lowest BCUT2D eigenvalue weighted by Gasteiger charge is -2.06. The van der Waals surface area contributed by atoms with Crippen LogP contribution >= 0.6 is 0 Å². The Balaban J connectivity index is 2.12. The van der Waals surface area contributed by atoms with Crippen LogP contribution in [-0.2, 0) is 30.2 Å². The van der Waals surface area contributed by atoms with E-state index in [2.05, 4.69) is 14.8 Å². The molecule has 0 amide bonds. The van der Waals surface area contributed by atoms with E-state index in [0.717, 1.165) is 11.3 Å². The first-order valence-electron chi connectivity index (χ1n) is 6.06. The molecule has 0 aliphatic heterocycles. The fourth-order valence-electron chi connectivity index (χ4n) is 1.77. The zero-order valence-corrected chi connectivity index (χ0v) is 12.2. The molecular weight excluding hydrogens is 278 g/mol. The summed E-state index contributed by atoms with van der Waals surface area (Å²) in [6.45, 7) is 2.31. The van der Waals surface area contributed by atoms with Gasteiger partial charge in [0.1, 0.15) is 4.90 Å². The Morgan fingerprint density at radius 1 is 1.40 bits per heavy atom. The lowest BCUT2D eigenvalue weighted by atomic mass is 10.3. The summed E-state index contributed by atoms with van der Waals surface area (Å²) in [4.78, 5) is 4.10. The summed E-state index contributed by atoms with van der Waals surface area (Å²) >= 11 is 0. The number of hydrogen-bond acceptors (Lipinski definition) is 5. The Morgan fingerprint density at radius 2 is 2.15 bits per heavy atom. The number of sulfonamides is 1. The number of nitrogens with one attached hydrogen (secondary N) is 1. The minimum Gasteiger partial charge on any atom is -0.325 e. The van der Waals surface area contributed by atoms with E-state index in [1.165, 1.54) is 12.3 Å². The Bertz CT molecular complexity index is 691. The first-order chi connectivity index (χ1) is 9.42. The van der Waals surface area contributed by atoms with E-state index in [1.807, 2.05) is 6.92 Å². The van der Waals surface area contributed by atoms with Gasteiger partial charge in [0.15, 0.2) is 0 Å². The SMILES string of the molecule is Cc1nn(C)cc1CNS(=O)(=O)c1ccc(CN)nc1. The van der Waals surface area contributed by atoms with Crippen molar-refractivity contribution in [3.63, 3.8) is 0 Å². The maximum absolute atomic E-state index is 12.1. The molecule has 0 fully saturated rings. The maximum atomic E-state index is 12.1. The van der Waals surface area contributed by atoms with Gasteiger partial charge in [0.05, 0.1) is 11.4 Å². The predicted molar refractivity (Wildman–Crippen MR) is 74.1 cm³/mol. The van der Waals surface area contributed by atoms with E-state index < -0.39 is 10.0 Å². The molecule has 2 aromatic heterocycles. The van der Waals surface area contributed by atoms with E-state index >= 15 is 0 Å². The number of aromatic nitrogens is 3. The van der Waals surface area contributed by atoms with Crippen LogP contribution in [0, 0.1) is 6.92 Å². The molecule has 7 nitrogen and oxygen atoms in total. The average Bonchev–Trinajstić information content (AvgIpc) is 2.75. The second-order valence-corrected chi connectivity index (χ2v) is 6.19. The van der Waals surface area contributed by atoms with Crippen molar-refractivity contribution in [1.82, 2.24) is 19.5 Å². The van der Waals surface area contributed by atoms with Gasteiger partial charge in [-0.15, -0.1) is 0 Å². The van der Waals surface area contributed by atoms with Gasteiger partial charge in [0, 0.05) is 38.1 Å². The number of nitrogens with zero attached hydrogens (tertiary/aromatic N) is 3. The van der Waals surface area contributed by atoms with Crippen LogP contribution in [0.15, 0.2) is 29.4 Å². The van der Waals surface area contributed by atoms with Gasteiger partial charge in [0.2, 0.25) is 10.0 Å². The summed E-state index contributed by atoms with van der Waals surface area (Å²) in [5.74, 6) is 0. The summed E-state index contributed by atoms with van der Waals surface area (Å²) < 4.78 is 28.4. The van der Waals surface area contributed by atoms with Crippen LogP contribution in [0.25, 0.3) is 0 Å². The smallest absolute Gasteiger partial charge is 0.242 e. The van der Waals surface area contributed by atoms with Crippen molar-refractivity contribution in [2.24, 2.45) is 12.8 Å². The summed E-state index contributed by atoms with van der Waals surface area (Å²) in [5, 5.41) is 4.16. The quantitative estimate of drug-likeness (QED) is 0.812. The molecule has 0 bridgehead atoms. The molecule has 0 radical (unpaired) electrons. The second-order valence-electron chi connectivity index (χ2n) is 4.43. The van der Waals surface area contributed by atoms with Crippen LogP contribution in [0.3, 0.4) is 0 Å². The van der Waals surface area contributed by atoms with Crippen molar-refractivity contribution in [2.75, 3.05) is 0 Å². The van der Waals surface area contributed by atoms with Crippen molar-refractivity contribution >= 4 is 10.0 Å². The third-order valence-corrected chi connectivity index (χ3v) is 4.27. The van der Waals surface area contributed by atoms with Gasteiger partial charge < -0.3 is 5.73 Å². The Kier molecular flexibility index (Phi) is 4.17. The molecule has 0 saturated heterocycles. The molecular formula is C12H17N5O2S. The molecule has 0 aliphatic rings. The standard InChI is InChI=1S/C12H17N5O2S/c1-9-10(8-17(2)16-9)6-15-20(18,19)12-4-3-11(5-13)14-7-12/h3-4,7-8,15H,5-6,13H2,1-2H3. The zero-order valence-electron chi connectivity index (χ0n) is 11.4. The van der Waals surface area contributed by atoms with Crippen molar-refractivity contribution in [2.45, 2.75) is 24.9 Å². The molecule has 0 unspecified atom stereocenters. The number of pyridine rings is 1. The van der Waals surface area contributed by atoms with E-state index in [4.69, 9.17) is 5.73 Å². The first-order valence-corrected chi connectivity index (χ1v) is 7.54. The minimum atomic E-state index is -3.58. The van der Waals surface area contributed by atoms with Crippen molar-refractivity contribution in [1.29, 1.82) is 0 Å². The van der Waals surface area contributed by atoms with Crippen molar-refractivity contribution in [3.05, 3.63) is 41.5 Å². The van der Waals surface area contributed by atoms with Crippen molar-refractivity contribution < 1.29 is 8.42 Å². The molecule has 0 atom stereocenters. The third kappa shape index (κ3) is 3.21. The molecule has 2 rings (SSSR count). The molecule has 3 N–H and O–H groups in total. The van der Waals surface area contributed by atoms with E-state index in [1.54, 1.807) is 24.0 Å². The summed E-state index contributed by atoms with van der Waals surface area (Å²) in [7, 11) is -1.79. The van der Waals surface area contributed by atoms with Crippen molar-refractivity contribution in [3.8, 4) is 0 Å². The van der Waals surface area contributed by atoms with Gasteiger partial charge >= 0.3 is 0 Å². The Morgan fingerprint density at radius 3 is 2.65 bits per heavy atom. The third-order valence-electron chi connectivity index (χ3n) is 2.88. The van der Waals surface area contributed by atoms with Crippen LogP contribution in [-0.4, -0.2) is 23.2 Å². The Hall–Kier alpha value is -1.77. The van der Waals surface area contributed by atoms with Gasteiger partial charge in [0.25, 0.3) is 0 Å². The molecule has 0 aromatic carbocycles. The van der Waals surface area contributed by atoms with E-state index in [0.29, 0.717) is 5.69 Å². The van der Waals surface area contributed by atoms with Crippen LogP contribution in [0.2, 0.25) is 0 Å². The molecule has 20 heavy (non-hydrogen) atoms. The highest BCUT2D eigenvalue weighted by Crippen LogP contribution is 2.10. The fourth-order valence-corrected chi connectivity index (χ4v) is 2.72.